The average molecular weight is 166 g/mol. The Morgan fingerprint density at radius 3 is 2.33 bits per heavy atom. The molecule has 0 spiro atoms. The van der Waals surface area contributed by atoms with Gasteiger partial charge in [-0.3, -0.25) is 4.79 Å². The molecule has 3 heteroatoms. The van der Waals surface area contributed by atoms with Crippen LogP contribution in [0, 0.1) is 0 Å². The van der Waals surface area contributed by atoms with Gasteiger partial charge in [-0.05, 0) is 12.0 Å². The van der Waals surface area contributed by atoms with E-state index in [9.17, 15) is 4.79 Å². The number of nitrogens with two attached hydrogens (primary N) is 1. The van der Waals surface area contributed by atoms with Crippen molar-refractivity contribution in [2.45, 2.75) is 12.8 Å². The molecule has 0 unspecified atom stereocenters. The highest BCUT2D eigenvalue weighted by atomic mass is 16.1. The molecule has 0 aliphatic rings. The van der Waals surface area contributed by atoms with Gasteiger partial charge < -0.3 is 11.9 Å². The third-order valence-electron chi connectivity index (χ3n) is 1.50. The zero-order chi connectivity index (χ0) is 8.10. The van der Waals surface area contributed by atoms with Gasteiger partial charge in [0, 0.05) is 6.42 Å². The van der Waals surface area contributed by atoms with Crippen LogP contribution in [-0.2, 0) is 11.2 Å². The van der Waals surface area contributed by atoms with Crippen LogP contribution >= 0.6 is 0 Å². The molecule has 1 aromatic rings. The van der Waals surface area contributed by atoms with Crippen LogP contribution in [0.25, 0.3) is 0 Å². The van der Waals surface area contributed by atoms with Gasteiger partial charge in [0.1, 0.15) is 0 Å². The van der Waals surface area contributed by atoms with E-state index in [4.69, 9.17) is 5.73 Å². The number of primary amides is 1. The van der Waals surface area contributed by atoms with E-state index >= 15 is 0 Å². The third-order valence-corrected chi connectivity index (χ3v) is 1.50. The number of amides is 1. The number of hydrogen-bond acceptors (Lipinski definition) is 2. The fourth-order valence-corrected chi connectivity index (χ4v) is 0.912. The predicted octanol–water partition coefficient (Wildman–Crippen LogP) is 1.27. The monoisotopic (exact) mass is 166 g/mol. The molecule has 66 valence electrons. The van der Waals surface area contributed by atoms with Crippen molar-refractivity contribution < 1.29 is 4.79 Å². The molecule has 0 bridgehead atoms. The molecule has 3 nitrogen and oxygen atoms in total. The molecule has 5 N–H and O–H groups in total. The molecule has 1 aromatic carbocycles. The molecule has 0 aliphatic carbocycles. The van der Waals surface area contributed by atoms with Crippen LogP contribution in [-0.4, -0.2) is 5.91 Å². The van der Waals surface area contributed by atoms with E-state index in [0.29, 0.717) is 6.42 Å². The highest BCUT2D eigenvalue weighted by Gasteiger charge is 1.94. The molecule has 0 radical (unpaired) electrons. The Hall–Kier alpha value is -1.35. The Balaban J connectivity index is 0.00000121. The number of aryl methyl sites for hydroxylation is 1. The lowest BCUT2D eigenvalue weighted by Crippen LogP contribution is -2.10. The van der Waals surface area contributed by atoms with E-state index in [-0.39, 0.29) is 12.1 Å². The fraction of sp³-hybridized carbons (Fsp3) is 0.222. The summed E-state index contributed by atoms with van der Waals surface area (Å²) in [7, 11) is 0. The van der Waals surface area contributed by atoms with Crippen molar-refractivity contribution >= 4 is 5.91 Å². The number of carbonyl (C=O) groups is 1. The van der Waals surface area contributed by atoms with E-state index in [1.54, 1.807) is 0 Å². The maximum Gasteiger partial charge on any atom is 0.217 e. The second-order valence-electron chi connectivity index (χ2n) is 2.45. The van der Waals surface area contributed by atoms with Crippen LogP contribution in [0.15, 0.2) is 30.3 Å². The topological polar surface area (TPSA) is 78.1 Å². The summed E-state index contributed by atoms with van der Waals surface area (Å²) in [5, 5.41) is 0. The van der Waals surface area contributed by atoms with E-state index in [2.05, 4.69) is 0 Å². The van der Waals surface area contributed by atoms with Gasteiger partial charge in [0.05, 0.1) is 0 Å². The van der Waals surface area contributed by atoms with Crippen LogP contribution in [0.5, 0.6) is 0 Å². The largest absolute Gasteiger partial charge is 0.370 e. The van der Waals surface area contributed by atoms with Crippen molar-refractivity contribution in [2.75, 3.05) is 0 Å². The van der Waals surface area contributed by atoms with E-state index in [0.717, 1.165) is 12.0 Å². The number of hydrogen-bond donors (Lipinski definition) is 2. The molecule has 12 heavy (non-hydrogen) atoms. The zero-order valence-corrected chi connectivity index (χ0v) is 6.99. The molecule has 0 aliphatic heterocycles. The first-order chi connectivity index (χ1) is 5.29. The standard InChI is InChI=1S/C9H11NO.H3N/c10-9(11)7-6-8-4-2-1-3-5-8;/h1-5H,6-7H2,(H2,10,11);1H3. The van der Waals surface area contributed by atoms with Gasteiger partial charge >= 0.3 is 0 Å². The molecule has 0 saturated heterocycles. The molecular formula is C9H14N2O. The minimum absolute atomic E-state index is 0. The summed E-state index contributed by atoms with van der Waals surface area (Å²) in [5.74, 6) is -0.242. The highest BCUT2D eigenvalue weighted by Crippen LogP contribution is 2.00. The Labute approximate surface area is 72.2 Å². The Morgan fingerprint density at radius 1 is 1.25 bits per heavy atom. The maximum absolute atomic E-state index is 10.4. The summed E-state index contributed by atoms with van der Waals surface area (Å²) in [6.07, 6.45) is 1.18. The summed E-state index contributed by atoms with van der Waals surface area (Å²) in [6, 6.07) is 9.84. The zero-order valence-electron chi connectivity index (χ0n) is 6.99. The number of rotatable bonds is 3. The van der Waals surface area contributed by atoms with Crippen LogP contribution in [0.1, 0.15) is 12.0 Å². The maximum atomic E-state index is 10.4. The second kappa shape index (κ2) is 5.32. The average Bonchev–Trinajstić information content (AvgIpc) is 2.03. The van der Waals surface area contributed by atoms with Gasteiger partial charge in [0.2, 0.25) is 5.91 Å². The Bertz CT molecular complexity index is 234. The first-order valence-electron chi connectivity index (χ1n) is 3.61. The minimum atomic E-state index is -0.242. The van der Waals surface area contributed by atoms with Crippen molar-refractivity contribution in [1.82, 2.24) is 6.15 Å². The Kier molecular flexibility index (Phi) is 4.72. The van der Waals surface area contributed by atoms with Gasteiger partial charge in [-0.15, -0.1) is 0 Å². The summed E-state index contributed by atoms with van der Waals surface area (Å²) in [6.45, 7) is 0. The molecule has 1 amide bonds. The molecular weight excluding hydrogens is 152 g/mol. The number of benzene rings is 1. The molecule has 0 heterocycles. The lowest BCUT2D eigenvalue weighted by Gasteiger charge is -1.96. The lowest BCUT2D eigenvalue weighted by atomic mass is 10.1. The lowest BCUT2D eigenvalue weighted by molar-refractivity contribution is -0.117. The quantitative estimate of drug-likeness (QED) is 0.709. The van der Waals surface area contributed by atoms with Crippen LogP contribution < -0.4 is 11.9 Å². The second-order valence-corrected chi connectivity index (χ2v) is 2.45. The Morgan fingerprint density at radius 2 is 1.83 bits per heavy atom. The fourth-order valence-electron chi connectivity index (χ4n) is 0.912. The van der Waals surface area contributed by atoms with Crippen LogP contribution in [0.2, 0.25) is 0 Å². The molecule has 0 saturated carbocycles. The SMILES string of the molecule is N.NC(=O)CCc1ccccc1. The van der Waals surface area contributed by atoms with Crippen LogP contribution in [0.3, 0.4) is 0 Å². The van der Waals surface area contributed by atoms with Gasteiger partial charge in [-0.2, -0.15) is 0 Å². The van der Waals surface area contributed by atoms with Crippen molar-refractivity contribution in [1.29, 1.82) is 0 Å². The van der Waals surface area contributed by atoms with Crippen molar-refractivity contribution in [2.24, 2.45) is 5.73 Å². The normalized spacial score (nSPS) is 8.67. The molecule has 1 rings (SSSR count). The van der Waals surface area contributed by atoms with Gasteiger partial charge in [0.25, 0.3) is 0 Å². The molecule has 0 aromatic heterocycles. The third kappa shape index (κ3) is 3.73. The summed E-state index contributed by atoms with van der Waals surface area (Å²) >= 11 is 0. The first-order valence-corrected chi connectivity index (χ1v) is 3.61. The van der Waals surface area contributed by atoms with Crippen molar-refractivity contribution in [3.05, 3.63) is 35.9 Å². The van der Waals surface area contributed by atoms with Crippen molar-refractivity contribution in [3.8, 4) is 0 Å². The number of carbonyl (C=O) groups excluding carboxylic acids is 1. The van der Waals surface area contributed by atoms with Gasteiger partial charge in [-0.25, -0.2) is 0 Å². The summed E-state index contributed by atoms with van der Waals surface area (Å²) in [4.78, 5) is 10.4. The summed E-state index contributed by atoms with van der Waals surface area (Å²) in [5.41, 5.74) is 6.16. The van der Waals surface area contributed by atoms with Crippen LogP contribution in [0.4, 0.5) is 0 Å². The van der Waals surface area contributed by atoms with Crippen molar-refractivity contribution in [3.63, 3.8) is 0 Å². The molecule has 0 fully saturated rings. The minimum Gasteiger partial charge on any atom is -0.370 e. The smallest absolute Gasteiger partial charge is 0.217 e. The van der Waals surface area contributed by atoms with E-state index in [1.807, 2.05) is 30.3 Å². The first kappa shape index (κ1) is 10.7. The van der Waals surface area contributed by atoms with E-state index in [1.165, 1.54) is 0 Å². The van der Waals surface area contributed by atoms with E-state index < -0.39 is 0 Å². The van der Waals surface area contributed by atoms with Gasteiger partial charge in [-0.1, -0.05) is 30.3 Å². The highest BCUT2D eigenvalue weighted by molar-refractivity contribution is 5.73. The molecule has 0 atom stereocenters. The van der Waals surface area contributed by atoms with Gasteiger partial charge in [0.15, 0.2) is 0 Å². The summed E-state index contributed by atoms with van der Waals surface area (Å²) < 4.78 is 0. The predicted molar refractivity (Wildman–Crippen MR) is 49.0 cm³/mol.